The van der Waals surface area contributed by atoms with Gasteiger partial charge in [-0.05, 0) is 74.8 Å². The van der Waals surface area contributed by atoms with Gasteiger partial charge in [0.2, 0.25) is 5.91 Å². The maximum Gasteiger partial charge on any atom is 0.317 e. The Morgan fingerprint density at radius 3 is 2.73 bits per heavy atom. The second-order valence-corrected chi connectivity index (χ2v) is 13.6. The zero-order valence-corrected chi connectivity index (χ0v) is 25.5. The van der Waals surface area contributed by atoms with Gasteiger partial charge in [-0.2, -0.15) is 9.97 Å². The van der Waals surface area contributed by atoms with E-state index in [1.54, 1.807) is 11.1 Å². The lowest BCUT2D eigenvalue weighted by atomic mass is 9.76. The lowest BCUT2D eigenvalue weighted by Gasteiger charge is -2.39. The normalized spacial score (nSPS) is 24.9. The lowest BCUT2D eigenvalue weighted by Crippen LogP contribution is -2.44. The molecule has 8 nitrogen and oxygen atoms in total. The Morgan fingerprint density at radius 2 is 2.00 bits per heavy atom. The molecule has 3 saturated heterocycles. The number of aromatic hydroxyl groups is 1. The van der Waals surface area contributed by atoms with E-state index in [-0.39, 0.29) is 41.4 Å². The molecule has 0 unspecified atom stereocenters. The van der Waals surface area contributed by atoms with Crippen molar-refractivity contribution in [1.29, 1.82) is 0 Å². The van der Waals surface area contributed by atoms with Crippen molar-refractivity contribution in [2.24, 2.45) is 0 Å². The molecule has 3 aliphatic heterocycles. The minimum atomic E-state index is -0.907. The number of carbonyl (C=O) groups excluding carboxylic acids is 1. The molecule has 1 amide bonds. The summed E-state index contributed by atoms with van der Waals surface area (Å²) in [6.45, 7) is 8.10. The summed E-state index contributed by atoms with van der Waals surface area (Å²) in [5.41, 5.74) is 1.01. The number of hydrogen-bond acceptors (Lipinski definition) is 7. The molecule has 0 radical (unpaired) electrons. The third kappa shape index (κ3) is 5.00. The summed E-state index contributed by atoms with van der Waals surface area (Å²) in [5.74, 6) is -0.663. The van der Waals surface area contributed by atoms with Crippen LogP contribution in [-0.2, 0) is 10.2 Å². The number of likely N-dealkylation sites (tertiary alicyclic amines) is 1. The minimum absolute atomic E-state index is 0.0364. The number of benzene rings is 1. The standard InChI is InChI=1S/C33H36ClF2N5O3/c1-3-25(43)40-11-8-32(2,9-12-40)30-23-16-37-28(22-13-21(42)14-24(34)26(22)19-5-6-19)27(36)29(23)38-31(39-30)44-18-33-7-4-10-41(33)17-20(35)15-33/h3,13-14,16,19-20,42H,1,4-12,15,17-18H2,2H3/t20-,33+/m1/s1. The van der Waals surface area contributed by atoms with Crippen molar-refractivity contribution in [3.63, 3.8) is 0 Å². The first kappa shape index (κ1) is 29.3. The Labute approximate surface area is 260 Å². The predicted octanol–water partition coefficient (Wildman–Crippen LogP) is 6.09. The summed E-state index contributed by atoms with van der Waals surface area (Å²) in [6, 6.07) is 3.02. The molecule has 232 valence electrons. The molecule has 7 rings (SSSR count). The first-order valence-corrected chi connectivity index (χ1v) is 15.8. The zero-order valence-electron chi connectivity index (χ0n) is 24.8. The van der Waals surface area contributed by atoms with E-state index in [4.69, 9.17) is 21.3 Å². The highest BCUT2D eigenvalue weighted by Crippen LogP contribution is 2.49. The largest absolute Gasteiger partial charge is 0.508 e. The van der Waals surface area contributed by atoms with Crippen LogP contribution in [0.5, 0.6) is 11.8 Å². The number of rotatable bonds is 7. The van der Waals surface area contributed by atoms with Crippen molar-refractivity contribution in [3.05, 3.63) is 53.1 Å². The van der Waals surface area contributed by atoms with Gasteiger partial charge in [-0.25, -0.2) is 8.78 Å². The zero-order chi connectivity index (χ0) is 30.8. The molecule has 11 heteroatoms. The van der Waals surface area contributed by atoms with Gasteiger partial charge < -0.3 is 14.7 Å². The molecule has 4 fully saturated rings. The van der Waals surface area contributed by atoms with Crippen LogP contribution in [0.15, 0.2) is 31.0 Å². The van der Waals surface area contributed by atoms with Crippen LogP contribution in [0.25, 0.3) is 22.2 Å². The molecule has 4 aliphatic rings. The SMILES string of the molecule is C=CC(=O)N1CCC(C)(c2nc(OC[C@@]34CCCN3C[C@H](F)C4)nc3c(F)c(-c4cc(O)cc(Cl)c4C4CC4)ncc23)CC1. The summed E-state index contributed by atoms with van der Waals surface area (Å²) in [7, 11) is 0. The molecule has 1 N–H and O–H groups in total. The van der Waals surface area contributed by atoms with E-state index in [1.165, 1.54) is 18.2 Å². The molecule has 3 aromatic rings. The number of pyridine rings is 1. The summed E-state index contributed by atoms with van der Waals surface area (Å²) in [4.78, 5) is 30.2. The van der Waals surface area contributed by atoms with Gasteiger partial charge in [-0.1, -0.05) is 25.1 Å². The number of hydrogen-bond donors (Lipinski definition) is 1. The van der Waals surface area contributed by atoms with Crippen LogP contribution in [0.2, 0.25) is 5.02 Å². The van der Waals surface area contributed by atoms with Crippen LogP contribution in [0.3, 0.4) is 0 Å². The van der Waals surface area contributed by atoms with Gasteiger partial charge in [-0.3, -0.25) is 14.7 Å². The fourth-order valence-electron chi connectivity index (χ4n) is 7.57. The van der Waals surface area contributed by atoms with Crippen LogP contribution in [0.1, 0.15) is 69.0 Å². The molecular formula is C33H36ClF2N5O3. The average Bonchev–Trinajstić information content (AvgIpc) is 3.68. The van der Waals surface area contributed by atoms with Gasteiger partial charge in [-0.15, -0.1) is 0 Å². The number of halogens is 3. The van der Waals surface area contributed by atoms with Gasteiger partial charge in [0.1, 0.15) is 29.7 Å². The highest BCUT2D eigenvalue weighted by Gasteiger charge is 2.49. The van der Waals surface area contributed by atoms with E-state index in [0.717, 1.165) is 37.8 Å². The Bertz CT molecular complexity index is 1660. The van der Waals surface area contributed by atoms with Gasteiger partial charge in [0.05, 0.1) is 11.2 Å². The van der Waals surface area contributed by atoms with Crippen molar-refractivity contribution in [1.82, 2.24) is 24.8 Å². The number of alkyl halides is 1. The van der Waals surface area contributed by atoms with Gasteiger partial charge in [0.25, 0.3) is 0 Å². The van der Waals surface area contributed by atoms with E-state index in [0.29, 0.717) is 60.6 Å². The predicted molar refractivity (Wildman–Crippen MR) is 163 cm³/mol. The number of aromatic nitrogens is 3. The molecule has 1 aliphatic carbocycles. The molecule has 0 bridgehead atoms. The number of phenolic OH excluding ortho intramolecular Hbond substituents is 1. The van der Waals surface area contributed by atoms with Crippen LogP contribution < -0.4 is 4.74 Å². The van der Waals surface area contributed by atoms with E-state index in [2.05, 4.69) is 28.4 Å². The molecule has 44 heavy (non-hydrogen) atoms. The topological polar surface area (TPSA) is 91.7 Å². The summed E-state index contributed by atoms with van der Waals surface area (Å²) < 4.78 is 37.4. The van der Waals surface area contributed by atoms with Crippen molar-refractivity contribution in [2.75, 3.05) is 32.8 Å². The summed E-state index contributed by atoms with van der Waals surface area (Å²) in [5, 5.41) is 11.2. The van der Waals surface area contributed by atoms with Crippen LogP contribution >= 0.6 is 11.6 Å². The van der Waals surface area contributed by atoms with E-state index < -0.39 is 22.9 Å². The first-order valence-electron chi connectivity index (χ1n) is 15.4. The molecule has 2 aromatic heterocycles. The number of ether oxygens (including phenoxy) is 1. The maximum atomic E-state index is 16.7. The third-order valence-corrected chi connectivity index (χ3v) is 10.5. The summed E-state index contributed by atoms with van der Waals surface area (Å²) in [6.07, 6.45) is 7.23. The number of phenols is 1. The van der Waals surface area contributed by atoms with E-state index in [9.17, 15) is 14.3 Å². The Balaban J connectivity index is 1.33. The van der Waals surface area contributed by atoms with Gasteiger partial charge >= 0.3 is 6.01 Å². The number of piperidine rings is 1. The van der Waals surface area contributed by atoms with Crippen LogP contribution in [-0.4, -0.2) is 80.3 Å². The second kappa shape index (κ2) is 10.9. The number of amides is 1. The Morgan fingerprint density at radius 1 is 1.23 bits per heavy atom. The molecule has 0 spiro atoms. The van der Waals surface area contributed by atoms with E-state index >= 15 is 4.39 Å². The van der Waals surface area contributed by atoms with Crippen molar-refractivity contribution < 1.29 is 23.4 Å². The fourth-order valence-corrected chi connectivity index (χ4v) is 7.94. The molecule has 1 aromatic carbocycles. The molecule has 2 atom stereocenters. The summed E-state index contributed by atoms with van der Waals surface area (Å²) >= 11 is 6.54. The Hall–Kier alpha value is -3.37. The minimum Gasteiger partial charge on any atom is -0.508 e. The smallest absolute Gasteiger partial charge is 0.317 e. The van der Waals surface area contributed by atoms with Crippen molar-refractivity contribution in [3.8, 4) is 23.0 Å². The molecule has 5 heterocycles. The number of fused-ring (bicyclic) bond motifs is 2. The fraction of sp³-hybridized carbons (Fsp3) is 0.515. The monoisotopic (exact) mass is 623 g/mol. The molecule has 1 saturated carbocycles. The molecular weight excluding hydrogens is 588 g/mol. The Kier molecular flexibility index (Phi) is 7.28. The van der Waals surface area contributed by atoms with Crippen LogP contribution in [0.4, 0.5) is 8.78 Å². The highest BCUT2D eigenvalue weighted by molar-refractivity contribution is 6.32. The second-order valence-electron chi connectivity index (χ2n) is 13.2. The number of carbonyl (C=O) groups is 1. The highest BCUT2D eigenvalue weighted by atomic mass is 35.5. The first-order chi connectivity index (χ1) is 21.1. The average molecular weight is 624 g/mol. The number of nitrogens with zero attached hydrogens (tertiary/aromatic N) is 5. The van der Waals surface area contributed by atoms with Gasteiger partial charge in [0.15, 0.2) is 5.82 Å². The van der Waals surface area contributed by atoms with Crippen molar-refractivity contribution >= 4 is 28.4 Å². The van der Waals surface area contributed by atoms with Crippen LogP contribution in [0, 0.1) is 5.82 Å². The van der Waals surface area contributed by atoms with E-state index in [1.807, 2.05) is 0 Å². The van der Waals surface area contributed by atoms with Crippen molar-refractivity contribution in [2.45, 2.75) is 74.9 Å². The maximum absolute atomic E-state index is 16.7. The lowest BCUT2D eigenvalue weighted by molar-refractivity contribution is -0.127. The third-order valence-electron chi connectivity index (χ3n) is 10.2. The van der Waals surface area contributed by atoms with Gasteiger partial charge in [0, 0.05) is 53.6 Å². The quantitative estimate of drug-likeness (QED) is 0.319.